The molecule has 0 unspecified atom stereocenters. The van der Waals surface area contributed by atoms with Crippen LogP contribution in [-0.2, 0) is 6.18 Å². The summed E-state index contributed by atoms with van der Waals surface area (Å²) in [4.78, 5) is 3.48. The van der Waals surface area contributed by atoms with Crippen LogP contribution >= 0.6 is 11.3 Å². The molecule has 0 aliphatic rings. The minimum Gasteiger partial charge on any atom is -0.375 e. The van der Waals surface area contributed by atoms with Crippen LogP contribution in [-0.4, -0.2) is 4.98 Å². The van der Waals surface area contributed by atoms with Crippen LogP contribution in [0.25, 0.3) is 10.2 Å². The molecule has 0 fully saturated rings. The predicted molar refractivity (Wildman–Crippen MR) is 49.0 cm³/mol. The standard InChI is InChI=1S/C8H4F4N2S/c9-3-1-2-4-6(14-7(13)15-4)5(3)8(10,11)12/h1-2H,(H2,13,14). The van der Waals surface area contributed by atoms with E-state index in [1.807, 2.05) is 0 Å². The number of anilines is 1. The van der Waals surface area contributed by atoms with Gasteiger partial charge in [-0.1, -0.05) is 11.3 Å². The van der Waals surface area contributed by atoms with Crippen molar-refractivity contribution in [2.45, 2.75) is 6.18 Å². The molecule has 2 aromatic rings. The third-order valence-corrected chi connectivity index (χ3v) is 2.66. The van der Waals surface area contributed by atoms with Crippen molar-refractivity contribution < 1.29 is 17.6 Å². The molecular formula is C8H4F4N2S. The quantitative estimate of drug-likeness (QED) is 0.714. The van der Waals surface area contributed by atoms with Crippen molar-refractivity contribution >= 4 is 26.7 Å². The van der Waals surface area contributed by atoms with Gasteiger partial charge < -0.3 is 5.73 Å². The van der Waals surface area contributed by atoms with E-state index in [-0.39, 0.29) is 9.83 Å². The van der Waals surface area contributed by atoms with E-state index in [1.165, 1.54) is 6.07 Å². The number of benzene rings is 1. The summed E-state index contributed by atoms with van der Waals surface area (Å²) in [6.07, 6.45) is -4.76. The number of alkyl halides is 3. The second kappa shape index (κ2) is 3.06. The molecule has 0 saturated carbocycles. The van der Waals surface area contributed by atoms with Crippen molar-refractivity contribution in [1.29, 1.82) is 0 Å². The number of nitrogens with zero attached hydrogens (tertiary/aromatic N) is 1. The summed E-state index contributed by atoms with van der Waals surface area (Å²) in [6.45, 7) is 0. The van der Waals surface area contributed by atoms with E-state index in [4.69, 9.17) is 5.73 Å². The van der Waals surface area contributed by atoms with Gasteiger partial charge in [0.1, 0.15) is 11.4 Å². The molecular weight excluding hydrogens is 232 g/mol. The summed E-state index contributed by atoms with van der Waals surface area (Å²) in [7, 11) is 0. The first-order valence-corrected chi connectivity index (χ1v) is 4.63. The Bertz CT molecular complexity index is 517. The molecule has 0 aliphatic heterocycles. The smallest absolute Gasteiger partial charge is 0.375 e. The molecule has 2 nitrogen and oxygen atoms in total. The average Bonchev–Trinajstić information content (AvgIpc) is 2.41. The van der Waals surface area contributed by atoms with Gasteiger partial charge in [-0.15, -0.1) is 0 Å². The molecule has 0 atom stereocenters. The molecule has 2 rings (SSSR count). The minimum atomic E-state index is -4.76. The van der Waals surface area contributed by atoms with Crippen molar-refractivity contribution in [3.05, 3.63) is 23.5 Å². The Labute approximate surface area is 85.3 Å². The Balaban J connectivity index is 2.85. The highest BCUT2D eigenvalue weighted by molar-refractivity contribution is 7.22. The normalized spacial score (nSPS) is 12.3. The Hall–Kier alpha value is -1.37. The average molecular weight is 236 g/mol. The lowest BCUT2D eigenvalue weighted by Gasteiger charge is -2.07. The van der Waals surface area contributed by atoms with Crippen molar-refractivity contribution in [2.75, 3.05) is 5.73 Å². The zero-order valence-corrected chi connectivity index (χ0v) is 7.92. The van der Waals surface area contributed by atoms with Crippen molar-refractivity contribution in [2.24, 2.45) is 0 Å². The fourth-order valence-corrected chi connectivity index (χ4v) is 2.00. The number of rotatable bonds is 0. The van der Waals surface area contributed by atoms with Crippen molar-refractivity contribution in [3.8, 4) is 0 Å². The monoisotopic (exact) mass is 236 g/mol. The summed E-state index contributed by atoms with van der Waals surface area (Å²) in [5.41, 5.74) is 3.49. The molecule has 1 aromatic carbocycles. The summed E-state index contributed by atoms with van der Waals surface area (Å²) in [5.74, 6) is -1.33. The second-order valence-corrected chi connectivity index (χ2v) is 3.88. The van der Waals surface area contributed by atoms with Gasteiger partial charge in [-0.05, 0) is 12.1 Å². The molecule has 0 amide bonds. The molecule has 80 valence electrons. The lowest BCUT2D eigenvalue weighted by Crippen LogP contribution is -2.08. The van der Waals surface area contributed by atoms with Gasteiger partial charge in [-0.25, -0.2) is 9.37 Å². The summed E-state index contributed by atoms with van der Waals surface area (Å²) in [5, 5.41) is -0.0129. The maximum absolute atomic E-state index is 13.0. The van der Waals surface area contributed by atoms with E-state index in [2.05, 4.69) is 4.98 Å². The minimum absolute atomic E-state index is 0.0129. The SMILES string of the molecule is Nc1nc2c(C(F)(F)F)c(F)ccc2s1. The second-order valence-electron chi connectivity index (χ2n) is 2.82. The maximum atomic E-state index is 13.0. The summed E-state index contributed by atoms with van der Waals surface area (Å²) >= 11 is 0.891. The van der Waals surface area contributed by atoms with Crippen molar-refractivity contribution in [1.82, 2.24) is 4.98 Å². The first kappa shape index (κ1) is 10.2. The Kier molecular flexibility index (Phi) is 2.07. The topological polar surface area (TPSA) is 38.9 Å². The lowest BCUT2D eigenvalue weighted by atomic mass is 10.2. The number of hydrogen-bond donors (Lipinski definition) is 1. The molecule has 2 N–H and O–H groups in total. The zero-order valence-electron chi connectivity index (χ0n) is 7.10. The first-order chi connectivity index (χ1) is 6.89. The number of nitrogens with two attached hydrogens (primary N) is 1. The van der Waals surface area contributed by atoms with Crippen LogP contribution in [0.5, 0.6) is 0 Å². The maximum Gasteiger partial charge on any atom is 0.421 e. The van der Waals surface area contributed by atoms with Gasteiger partial charge >= 0.3 is 6.18 Å². The van der Waals surface area contributed by atoms with Gasteiger partial charge in [0.15, 0.2) is 5.13 Å². The van der Waals surface area contributed by atoms with Crippen LogP contribution in [0.3, 0.4) is 0 Å². The fraction of sp³-hybridized carbons (Fsp3) is 0.125. The van der Waals surface area contributed by atoms with Crippen LogP contribution in [0.15, 0.2) is 12.1 Å². The Morgan fingerprint density at radius 3 is 2.53 bits per heavy atom. The molecule has 0 aliphatic carbocycles. The molecule has 0 bridgehead atoms. The number of aromatic nitrogens is 1. The van der Waals surface area contributed by atoms with Gasteiger partial charge in [0.05, 0.1) is 10.2 Å². The molecule has 7 heteroatoms. The largest absolute Gasteiger partial charge is 0.421 e. The number of halogens is 4. The van der Waals surface area contributed by atoms with E-state index < -0.39 is 23.1 Å². The van der Waals surface area contributed by atoms with E-state index in [0.717, 1.165) is 17.4 Å². The van der Waals surface area contributed by atoms with Gasteiger partial charge in [-0.3, -0.25) is 0 Å². The molecule has 0 spiro atoms. The Morgan fingerprint density at radius 2 is 1.93 bits per heavy atom. The fourth-order valence-electron chi connectivity index (χ4n) is 1.26. The molecule has 1 aromatic heterocycles. The van der Waals surface area contributed by atoms with Crippen LogP contribution < -0.4 is 5.73 Å². The van der Waals surface area contributed by atoms with Gasteiger partial charge in [-0.2, -0.15) is 13.2 Å². The number of nitrogen functional groups attached to an aromatic ring is 1. The van der Waals surface area contributed by atoms with Gasteiger partial charge in [0.25, 0.3) is 0 Å². The predicted octanol–water partition coefficient (Wildman–Crippen LogP) is 3.04. The molecule has 1 heterocycles. The summed E-state index contributed by atoms with van der Waals surface area (Å²) in [6, 6.07) is 2.00. The van der Waals surface area contributed by atoms with Crippen LogP contribution in [0.4, 0.5) is 22.7 Å². The highest BCUT2D eigenvalue weighted by atomic mass is 32.1. The number of thiazole rings is 1. The molecule has 15 heavy (non-hydrogen) atoms. The van der Waals surface area contributed by atoms with Crippen LogP contribution in [0, 0.1) is 5.82 Å². The third kappa shape index (κ3) is 1.63. The first-order valence-electron chi connectivity index (χ1n) is 3.81. The zero-order chi connectivity index (χ0) is 11.2. The van der Waals surface area contributed by atoms with Gasteiger partial charge in [0, 0.05) is 0 Å². The van der Waals surface area contributed by atoms with E-state index in [9.17, 15) is 17.6 Å². The van der Waals surface area contributed by atoms with Crippen molar-refractivity contribution in [3.63, 3.8) is 0 Å². The molecule has 0 saturated heterocycles. The molecule has 0 radical (unpaired) electrons. The van der Waals surface area contributed by atoms with E-state index in [1.54, 1.807) is 0 Å². The third-order valence-electron chi connectivity index (χ3n) is 1.81. The Morgan fingerprint density at radius 1 is 1.27 bits per heavy atom. The van der Waals surface area contributed by atoms with Crippen LogP contribution in [0.1, 0.15) is 5.56 Å². The summed E-state index contributed by atoms with van der Waals surface area (Å²) < 4.78 is 50.7. The highest BCUT2D eigenvalue weighted by Gasteiger charge is 2.37. The highest BCUT2D eigenvalue weighted by Crippen LogP contribution is 2.38. The lowest BCUT2D eigenvalue weighted by molar-refractivity contribution is -0.138. The van der Waals surface area contributed by atoms with E-state index >= 15 is 0 Å². The number of fused-ring (bicyclic) bond motifs is 1. The number of hydrogen-bond acceptors (Lipinski definition) is 3. The van der Waals surface area contributed by atoms with Crippen LogP contribution in [0.2, 0.25) is 0 Å². The van der Waals surface area contributed by atoms with E-state index in [0.29, 0.717) is 0 Å². The van der Waals surface area contributed by atoms with Gasteiger partial charge in [0.2, 0.25) is 0 Å².